The fraction of sp³-hybridized carbons (Fsp3) is 0.538. The molecule has 5 heteroatoms. The molecule has 0 spiro atoms. The molecule has 2 heterocycles. The first-order valence-electron chi connectivity index (χ1n) is 6.14. The van der Waals surface area contributed by atoms with Gasteiger partial charge in [-0.2, -0.15) is 11.3 Å². The molecule has 1 amide bonds. The van der Waals surface area contributed by atoms with Crippen LogP contribution in [0.3, 0.4) is 0 Å². The molecule has 4 nitrogen and oxygen atoms in total. The summed E-state index contributed by atoms with van der Waals surface area (Å²) in [6.07, 6.45) is 2.63. The number of carbonyl (C=O) groups excluding carboxylic acids is 1. The van der Waals surface area contributed by atoms with Crippen molar-refractivity contribution in [2.45, 2.75) is 44.7 Å². The van der Waals surface area contributed by atoms with Gasteiger partial charge in [-0.1, -0.05) is 0 Å². The van der Waals surface area contributed by atoms with E-state index in [4.69, 9.17) is 0 Å². The lowest BCUT2D eigenvalue weighted by molar-refractivity contribution is -0.154. The number of carbonyl (C=O) groups is 2. The van der Waals surface area contributed by atoms with Gasteiger partial charge in [-0.25, -0.2) is 4.79 Å². The Bertz CT molecular complexity index is 429. The van der Waals surface area contributed by atoms with Crippen molar-refractivity contribution < 1.29 is 14.7 Å². The van der Waals surface area contributed by atoms with Crippen LogP contribution in [0, 0.1) is 0 Å². The summed E-state index contributed by atoms with van der Waals surface area (Å²) in [5.74, 6) is -0.965. The first-order chi connectivity index (χ1) is 8.59. The maximum atomic E-state index is 12.3. The fourth-order valence-corrected chi connectivity index (χ4v) is 3.18. The first kappa shape index (κ1) is 13.1. The Labute approximate surface area is 110 Å². The van der Waals surface area contributed by atoms with Crippen molar-refractivity contribution in [3.8, 4) is 0 Å². The third-order valence-electron chi connectivity index (χ3n) is 3.42. The van der Waals surface area contributed by atoms with Gasteiger partial charge in [0.05, 0.1) is 6.42 Å². The van der Waals surface area contributed by atoms with Crippen LogP contribution < -0.4 is 0 Å². The van der Waals surface area contributed by atoms with E-state index in [2.05, 4.69) is 0 Å². The maximum Gasteiger partial charge on any atom is 0.326 e. The van der Waals surface area contributed by atoms with Crippen LogP contribution in [-0.4, -0.2) is 34.0 Å². The molecule has 0 bridgehead atoms. The molecule has 98 valence electrons. The zero-order valence-corrected chi connectivity index (χ0v) is 11.2. The minimum absolute atomic E-state index is 0.0194. The predicted octanol–water partition coefficient (Wildman–Crippen LogP) is 2.14. The summed E-state index contributed by atoms with van der Waals surface area (Å²) in [5.41, 5.74) is 0.965. The largest absolute Gasteiger partial charge is 0.480 e. The SMILES string of the molecule is C[C@H]1CCC[C@@H](C(=O)O)N1C(=O)Cc1ccsc1. The second kappa shape index (κ2) is 5.52. The van der Waals surface area contributed by atoms with E-state index in [-0.39, 0.29) is 11.9 Å². The fourth-order valence-electron chi connectivity index (χ4n) is 2.51. The van der Waals surface area contributed by atoms with Gasteiger partial charge >= 0.3 is 5.97 Å². The van der Waals surface area contributed by atoms with Crippen LogP contribution in [0.15, 0.2) is 16.8 Å². The predicted molar refractivity (Wildman–Crippen MR) is 69.6 cm³/mol. The Kier molecular flexibility index (Phi) is 4.01. The number of carboxylic acids is 1. The lowest BCUT2D eigenvalue weighted by Gasteiger charge is -2.38. The van der Waals surface area contributed by atoms with Crippen LogP contribution in [0.1, 0.15) is 31.7 Å². The Morgan fingerprint density at radius 3 is 2.89 bits per heavy atom. The Hall–Kier alpha value is -1.36. The summed E-state index contributed by atoms with van der Waals surface area (Å²) in [6.45, 7) is 1.93. The molecular weight excluding hydrogens is 250 g/mol. The van der Waals surface area contributed by atoms with E-state index in [1.807, 2.05) is 23.8 Å². The smallest absolute Gasteiger partial charge is 0.326 e. The monoisotopic (exact) mass is 267 g/mol. The second-order valence-electron chi connectivity index (χ2n) is 4.74. The number of piperidine rings is 1. The third kappa shape index (κ3) is 2.72. The number of nitrogens with zero attached hydrogens (tertiary/aromatic N) is 1. The normalized spacial score (nSPS) is 23.9. The lowest BCUT2D eigenvalue weighted by atomic mass is 9.95. The van der Waals surface area contributed by atoms with Gasteiger partial charge in [-0.05, 0) is 48.6 Å². The average molecular weight is 267 g/mol. The number of thiophene rings is 1. The molecule has 1 aliphatic heterocycles. The van der Waals surface area contributed by atoms with Crippen molar-refractivity contribution in [3.63, 3.8) is 0 Å². The highest BCUT2D eigenvalue weighted by molar-refractivity contribution is 7.07. The summed E-state index contributed by atoms with van der Waals surface area (Å²) in [4.78, 5) is 25.0. The highest BCUT2D eigenvalue weighted by Gasteiger charge is 2.35. The van der Waals surface area contributed by atoms with E-state index < -0.39 is 12.0 Å². The highest BCUT2D eigenvalue weighted by Crippen LogP contribution is 2.24. The summed E-state index contributed by atoms with van der Waals surface area (Å²) in [5, 5.41) is 13.1. The van der Waals surface area contributed by atoms with Crippen LogP contribution in [0.25, 0.3) is 0 Å². The zero-order chi connectivity index (χ0) is 13.1. The van der Waals surface area contributed by atoms with Crippen molar-refractivity contribution in [1.82, 2.24) is 4.90 Å². The average Bonchev–Trinajstić information content (AvgIpc) is 2.81. The van der Waals surface area contributed by atoms with Gasteiger partial charge in [0, 0.05) is 6.04 Å². The number of likely N-dealkylation sites (tertiary alicyclic amines) is 1. The van der Waals surface area contributed by atoms with E-state index in [1.165, 1.54) is 0 Å². The lowest BCUT2D eigenvalue weighted by Crippen LogP contribution is -2.52. The molecule has 2 rings (SSSR count). The number of carboxylic acid groups (broad SMARTS) is 1. The van der Waals surface area contributed by atoms with E-state index >= 15 is 0 Å². The van der Waals surface area contributed by atoms with Gasteiger partial charge in [-0.15, -0.1) is 0 Å². The van der Waals surface area contributed by atoms with Crippen molar-refractivity contribution >= 4 is 23.2 Å². The van der Waals surface area contributed by atoms with Gasteiger partial charge in [0.15, 0.2) is 0 Å². The van der Waals surface area contributed by atoms with Gasteiger partial charge in [0.25, 0.3) is 0 Å². The van der Waals surface area contributed by atoms with Crippen LogP contribution in [-0.2, 0) is 16.0 Å². The van der Waals surface area contributed by atoms with Crippen LogP contribution in [0.5, 0.6) is 0 Å². The van der Waals surface area contributed by atoms with E-state index in [0.717, 1.165) is 18.4 Å². The summed E-state index contributed by atoms with van der Waals surface area (Å²) >= 11 is 1.55. The van der Waals surface area contributed by atoms with Gasteiger partial charge in [0.2, 0.25) is 5.91 Å². The van der Waals surface area contributed by atoms with Crippen molar-refractivity contribution in [3.05, 3.63) is 22.4 Å². The zero-order valence-electron chi connectivity index (χ0n) is 10.3. The maximum absolute atomic E-state index is 12.3. The number of hydrogen-bond donors (Lipinski definition) is 1. The number of hydrogen-bond acceptors (Lipinski definition) is 3. The molecule has 0 saturated carbocycles. The van der Waals surface area contributed by atoms with Gasteiger partial charge in [-0.3, -0.25) is 4.79 Å². The second-order valence-corrected chi connectivity index (χ2v) is 5.52. The van der Waals surface area contributed by atoms with E-state index in [1.54, 1.807) is 16.2 Å². The summed E-state index contributed by atoms with van der Waals surface area (Å²) in [7, 11) is 0. The third-order valence-corrected chi connectivity index (χ3v) is 4.15. The van der Waals surface area contributed by atoms with Gasteiger partial charge in [0.1, 0.15) is 6.04 Å². The van der Waals surface area contributed by atoms with Crippen LogP contribution in [0.4, 0.5) is 0 Å². The quantitative estimate of drug-likeness (QED) is 0.913. The minimum Gasteiger partial charge on any atom is -0.480 e. The molecule has 1 saturated heterocycles. The Morgan fingerprint density at radius 2 is 2.28 bits per heavy atom. The first-order valence-corrected chi connectivity index (χ1v) is 7.09. The molecule has 0 unspecified atom stereocenters. The standard InChI is InChI=1S/C13H17NO3S/c1-9-3-2-4-11(13(16)17)14(9)12(15)7-10-5-6-18-8-10/h5-6,8-9,11H,2-4,7H2,1H3,(H,16,17)/t9-,11-/m0/s1. The molecule has 0 aliphatic carbocycles. The topological polar surface area (TPSA) is 57.6 Å². The summed E-state index contributed by atoms with van der Waals surface area (Å²) < 4.78 is 0. The molecule has 1 aliphatic rings. The number of rotatable bonds is 3. The van der Waals surface area contributed by atoms with Crippen LogP contribution in [0.2, 0.25) is 0 Å². The molecule has 1 N–H and O–H groups in total. The molecule has 18 heavy (non-hydrogen) atoms. The van der Waals surface area contributed by atoms with Crippen molar-refractivity contribution in [1.29, 1.82) is 0 Å². The molecule has 0 radical (unpaired) electrons. The molecule has 0 aromatic carbocycles. The van der Waals surface area contributed by atoms with E-state index in [0.29, 0.717) is 12.8 Å². The molecule has 2 atom stereocenters. The van der Waals surface area contributed by atoms with E-state index in [9.17, 15) is 14.7 Å². The molecular formula is C13H17NO3S. The van der Waals surface area contributed by atoms with Gasteiger partial charge < -0.3 is 10.0 Å². The highest BCUT2D eigenvalue weighted by atomic mass is 32.1. The minimum atomic E-state index is -0.889. The van der Waals surface area contributed by atoms with Crippen molar-refractivity contribution in [2.24, 2.45) is 0 Å². The number of aliphatic carboxylic acids is 1. The Morgan fingerprint density at radius 1 is 1.50 bits per heavy atom. The molecule has 1 fully saturated rings. The molecule has 1 aromatic heterocycles. The van der Waals surface area contributed by atoms with Crippen LogP contribution >= 0.6 is 11.3 Å². The van der Waals surface area contributed by atoms with Crippen molar-refractivity contribution in [2.75, 3.05) is 0 Å². The Balaban J connectivity index is 2.11. The number of amides is 1. The summed E-state index contributed by atoms with van der Waals surface area (Å²) in [6, 6.07) is 1.28. The molecule has 1 aromatic rings.